The first-order valence-electron chi connectivity index (χ1n) is 9.91. The van der Waals surface area contributed by atoms with Crippen LogP contribution < -0.4 is 27.4 Å². The zero-order valence-corrected chi connectivity index (χ0v) is 18.6. The third-order valence-corrected chi connectivity index (χ3v) is 3.08. The van der Waals surface area contributed by atoms with Crippen molar-refractivity contribution in [1.82, 2.24) is 16.0 Å². The summed E-state index contributed by atoms with van der Waals surface area (Å²) in [7, 11) is 3.75. The Hall–Kier alpha value is -0.320. The minimum Gasteiger partial charge on any atom is -0.394 e. The van der Waals surface area contributed by atoms with E-state index in [1.165, 1.54) is 25.9 Å². The predicted octanol–water partition coefficient (Wildman–Crippen LogP) is -0.632. The fourth-order valence-corrected chi connectivity index (χ4v) is 1.43. The lowest BCUT2D eigenvalue weighted by Crippen LogP contribution is -2.35. The van der Waals surface area contributed by atoms with Gasteiger partial charge in [-0.15, -0.1) is 0 Å². The number of aliphatic hydroxyl groups excluding tert-OH is 3. The molecule has 2 fully saturated rings. The van der Waals surface area contributed by atoms with E-state index < -0.39 is 11.1 Å². The molecule has 0 aromatic heterocycles. The molecule has 0 unspecified atom stereocenters. The normalized spacial score (nSPS) is 17.0. The fourth-order valence-electron chi connectivity index (χ4n) is 1.43. The summed E-state index contributed by atoms with van der Waals surface area (Å²) in [6.45, 7) is 11.7. The van der Waals surface area contributed by atoms with Crippen LogP contribution in [-0.2, 0) is 0 Å². The van der Waals surface area contributed by atoms with Gasteiger partial charge in [-0.25, -0.2) is 0 Å². The van der Waals surface area contributed by atoms with Gasteiger partial charge in [-0.2, -0.15) is 0 Å². The average molecular weight is 396 g/mol. The molecule has 168 valence electrons. The molecule has 2 heterocycles. The smallest absolute Gasteiger partial charge is 0.0605 e. The first-order chi connectivity index (χ1) is 12.4. The summed E-state index contributed by atoms with van der Waals surface area (Å²) >= 11 is 0. The van der Waals surface area contributed by atoms with Gasteiger partial charge in [0.2, 0.25) is 0 Å². The third kappa shape index (κ3) is 41.3. The van der Waals surface area contributed by atoms with E-state index >= 15 is 0 Å². The minimum atomic E-state index is -0.403. The number of piperidine rings is 1. The summed E-state index contributed by atoms with van der Waals surface area (Å²) in [4.78, 5) is 0. The highest BCUT2D eigenvalue weighted by Crippen LogP contribution is 1.99. The van der Waals surface area contributed by atoms with E-state index in [0.717, 1.165) is 25.9 Å². The van der Waals surface area contributed by atoms with Crippen molar-refractivity contribution < 1.29 is 15.3 Å². The molecule has 2 aliphatic heterocycles. The van der Waals surface area contributed by atoms with Gasteiger partial charge < -0.3 is 42.7 Å². The van der Waals surface area contributed by atoms with E-state index in [4.69, 9.17) is 26.8 Å². The lowest BCUT2D eigenvalue weighted by molar-refractivity contribution is 0.137. The molecule has 2 aliphatic rings. The van der Waals surface area contributed by atoms with Crippen molar-refractivity contribution in [2.24, 2.45) is 11.5 Å². The van der Waals surface area contributed by atoms with Crippen LogP contribution in [0, 0.1) is 0 Å². The van der Waals surface area contributed by atoms with Gasteiger partial charge in [0.1, 0.15) is 0 Å². The molecule has 8 nitrogen and oxygen atoms in total. The molecule has 0 amide bonds. The number of aliphatic hydroxyl groups is 3. The highest BCUT2D eigenvalue weighted by Gasteiger charge is 2.07. The lowest BCUT2D eigenvalue weighted by Gasteiger charge is -2.16. The van der Waals surface area contributed by atoms with Crippen molar-refractivity contribution in [3.63, 3.8) is 0 Å². The van der Waals surface area contributed by atoms with Gasteiger partial charge in [-0.05, 0) is 93.7 Å². The second kappa shape index (κ2) is 20.4. The van der Waals surface area contributed by atoms with Gasteiger partial charge in [0.05, 0.1) is 19.3 Å². The molecule has 2 rings (SSSR count). The number of nitrogens with two attached hydrogens (primary N) is 2. The van der Waals surface area contributed by atoms with Gasteiger partial charge in [-0.3, -0.25) is 0 Å². The van der Waals surface area contributed by atoms with Crippen LogP contribution in [0.2, 0.25) is 0 Å². The fraction of sp³-hybridized carbons (Fsp3) is 1.00. The van der Waals surface area contributed by atoms with Crippen LogP contribution in [0.3, 0.4) is 0 Å². The first-order valence-corrected chi connectivity index (χ1v) is 9.91. The standard InChI is InChI=1S/C5H11NO.2C4H11NO.C4H9N.C2H7N/c7-5-1-3-6-4-2-5;2*1-4(2,5)3-6;1-2-4-5-3-1;1-3-2/h5-7H,1-4H2;2*6H,3,5H2,1-2H3;5H,1-4H2;3H,1-2H3. The number of rotatable bonds is 2. The second-order valence-electron chi connectivity index (χ2n) is 8.23. The monoisotopic (exact) mass is 395 g/mol. The topological polar surface area (TPSA) is 149 Å². The molecule has 0 radical (unpaired) electrons. The summed E-state index contributed by atoms with van der Waals surface area (Å²) < 4.78 is 0. The molecule has 0 aromatic rings. The van der Waals surface area contributed by atoms with E-state index in [-0.39, 0.29) is 19.3 Å². The Kier molecular flexibility index (Phi) is 23.7. The lowest BCUT2D eigenvalue weighted by atomic mass is 10.1. The summed E-state index contributed by atoms with van der Waals surface area (Å²) in [6, 6.07) is 0. The molecule has 0 aromatic carbocycles. The summed E-state index contributed by atoms with van der Waals surface area (Å²) in [5.74, 6) is 0. The highest BCUT2D eigenvalue weighted by atomic mass is 16.3. The molecule has 0 aliphatic carbocycles. The summed E-state index contributed by atoms with van der Waals surface area (Å²) in [6.07, 6.45) is 4.61. The van der Waals surface area contributed by atoms with Crippen molar-refractivity contribution in [2.45, 2.75) is 70.6 Å². The third-order valence-electron chi connectivity index (χ3n) is 3.08. The Balaban J connectivity index is -0.000000273. The van der Waals surface area contributed by atoms with E-state index in [0.29, 0.717) is 0 Å². The van der Waals surface area contributed by atoms with Gasteiger partial charge in [0.25, 0.3) is 0 Å². The maximum absolute atomic E-state index is 8.87. The molecule has 10 N–H and O–H groups in total. The predicted molar refractivity (Wildman–Crippen MR) is 116 cm³/mol. The van der Waals surface area contributed by atoms with Gasteiger partial charge >= 0.3 is 0 Å². The van der Waals surface area contributed by atoms with Crippen LogP contribution in [0.15, 0.2) is 0 Å². The largest absolute Gasteiger partial charge is 0.394 e. The molecule has 27 heavy (non-hydrogen) atoms. The molecule has 0 atom stereocenters. The quantitative estimate of drug-likeness (QED) is 0.308. The van der Waals surface area contributed by atoms with Gasteiger partial charge in [0.15, 0.2) is 0 Å². The molecule has 0 saturated carbocycles. The Morgan fingerprint density at radius 1 is 0.815 bits per heavy atom. The van der Waals surface area contributed by atoms with Crippen LogP contribution in [0.1, 0.15) is 53.4 Å². The molecule has 8 heteroatoms. The number of hydrogen-bond acceptors (Lipinski definition) is 8. The minimum absolute atomic E-state index is 0.0266. The van der Waals surface area contributed by atoms with Gasteiger partial charge in [0, 0.05) is 11.1 Å². The zero-order valence-electron chi connectivity index (χ0n) is 18.6. The van der Waals surface area contributed by atoms with Crippen molar-refractivity contribution in [1.29, 1.82) is 0 Å². The van der Waals surface area contributed by atoms with E-state index in [1.807, 2.05) is 14.1 Å². The Morgan fingerprint density at radius 3 is 1.19 bits per heavy atom. The first kappa shape index (κ1) is 31.4. The van der Waals surface area contributed by atoms with E-state index in [2.05, 4.69) is 16.0 Å². The molecule has 2 saturated heterocycles. The number of hydrogen-bond donors (Lipinski definition) is 8. The van der Waals surface area contributed by atoms with Crippen molar-refractivity contribution in [3.05, 3.63) is 0 Å². The van der Waals surface area contributed by atoms with Crippen LogP contribution in [0.4, 0.5) is 0 Å². The highest BCUT2D eigenvalue weighted by molar-refractivity contribution is 4.68. The molecule has 0 bridgehead atoms. The van der Waals surface area contributed by atoms with Crippen molar-refractivity contribution >= 4 is 0 Å². The average Bonchev–Trinajstić information content (AvgIpc) is 3.16. The van der Waals surface area contributed by atoms with Crippen LogP contribution in [-0.4, -0.2) is 86.0 Å². The summed E-state index contributed by atoms with van der Waals surface area (Å²) in [5.41, 5.74) is 9.76. The molecular formula is C19H49N5O3. The zero-order chi connectivity index (χ0) is 21.8. The SMILES string of the molecule is C1CCNC1.CC(C)(N)CO.CC(C)(N)CO.CNC.OC1CCNCC1. The van der Waals surface area contributed by atoms with Crippen LogP contribution in [0.25, 0.3) is 0 Å². The molecular weight excluding hydrogens is 346 g/mol. The Morgan fingerprint density at radius 2 is 1.07 bits per heavy atom. The maximum Gasteiger partial charge on any atom is 0.0605 e. The second-order valence-corrected chi connectivity index (χ2v) is 8.23. The van der Waals surface area contributed by atoms with E-state index in [9.17, 15) is 0 Å². The Bertz CT molecular complexity index is 250. The summed E-state index contributed by atoms with van der Waals surface area (Å²) in [5, 5.41) is 34.6. The molecule has 0 spiro atoms. The Labute approximate surface area is 167 Å². The van der Waals surface area contributed by atoms with Crippen molar-refractivity contribution in [3.8, 4) is 0 Å². The van der Waals surface area contributed by atoms with E-state index in [1.54, 1.807) is 27.7 Å². The van der Waals surface area contributed by atoms with Crippen LogP contribution >= 0.6 is 0 Å². The van der Waals surface area contributed by atoms with Crippen molar-refractivity contribution in [2.75, 3.05) is 53.5 Å². The van der Waals surface area contributed by atoms with Gasteiger partial charge in [-0.1, -0.05) is 0 Å². The van der Waals surface area contributed by atoms with Crippen LogP contribution in [0.5, 0.6) is 0 Å². The maximum atomic E-state index is 8.87. The number of nitrogens with one attached hydrogen (secondary N) is 3.